The van der Waals surface area contributed by atoms with E-state index in [9.17, 15) is 9.59 Å². The van der Waals surface area contributed by atoms with E-state index in [1.54, 1.807) is 4.90 Å². The van der Waals surface area contributed by atoms with Crippen LogP contribution in [-0.2, 0) is 9.59 Å². The van der Waals surface area contributed by atoms with E-state index < -0.39 is 0 Å². The lowest BCUT2D eigenvalue weighted by Crippen LogP contribution is -2.51. The lowest BCUT2D eigenvalue weighted by atomic mass is 10.00. The molecule has 1 saturated heterocycles. The number of hydrogen-bond acceptors (Lipinski definition) is 2. The summed E-state index contributed by atoms with van der Waals surface area (Å²) >= 11 is 0. The Labute approximate surface area is 84.4 Å². The molecule has 4 nitrogen and oxygen atoms in total. The van der Waals surface area contributed by atoms with Crippen molar-refractivity contribution >= 4 is 11.8 Å². The first-order valence-electron chi connectivity index (χ1n) is 5.14. The summed E-state index contributed by atoms with van der Waals surface area (Å²) in [5.41, 5.74) is 5.26. The second-order valence-electron chi connectivity index (χ2n) is 4.10. The van der Waals surface area contributed by atoms with Gasteiger partial charge >= 0.3 is 0 Å². The molecule has 2 amide bonds. The standard InChI is InChI=1S/C10H18N2O2/c1-7(2)10(14)12-6-4-3-5-8(12)9(11)13/h7-8H,3-6H2,1-2H3,(H2,11,13). The highest BCUT2D eigenvalue weighted by atomic mass is 16.2. The number of piperidine rings is 1. The van der Waals surface area contributed by atoms with Crippen molar-refractivity contribution in [3.05, 3.63) is 0 Å². The van der Waals surface area contributed by atoms with Crippen molar-refractivity contribution in [1.82, 2.24) is 4.90 Å². The van der Waals surface area contributed by atoms with E-state index in [-0.39, 0.29) is 23.8 Å². The number of nitrogens with two attached hydrogens (primary N) is 1. The molecule has 80 valence electrons. The average molecular weight is 198 g/mol. The minimum atomic E-state index is -0.376. The molecule has 0 aromatic heterocycles. The third-order valence-corrected chi connectivity index (χ3v) is 2.61. The quantitative estimate of drug-likeness (QED) is 0.702. The Morgan fingerprint density at radius 3 is 2.50 bits per heavy atom. The van der Waals surface area contributed by atoms with Crippen molar-refractivity contribution in [2.24, 2.45) is 11.7 Å². The Balaban J connectivity index is 2.72. The predicted molar refractivity (Wildman–Crippen MR) is 53.4 cm³/mol. The molecule has 1 fully saturated rings. The molecule has 14 heavy (non-hydrogen) atoms. The number of carbonyl (C=O) groups is 2. The zero-order chi connectivity index (χ0) is 10.7. The Morgan fingerprint density at radius 1 is 1.36 bits per heavy atom. The second kappa shape index (κ2) is 4.44. The molecule has 2 N–H and O–H groups in total. The van der Waals surface area contributed by atoms with Gasteiger partial charge in [-0.1, -0.05) is 13.8 Å². The highest BCUT2D eigenvalue weighted by molar-refractivity contribution is 5.87. The summed E-state index contributed by atoms with van der Waals surface area (Å²) in [5.74, 6) is -0.401. The van der Waals surface area contributed by atoms with E-state index in [0.717, 1.165) is 12.8 Å². The normalized spacial score (nSPS) is 22.5. The lowest BCUT2D eigenvalue weighted by molar-refractivity contribution is -0.143. The van der Waals surface area contributed by atoms with Gasteiger partial charge in [-0.2, -0.15) is 0 Å². The molecule has 0 radical (unpaired) electrons. The van der Waals surface area contributed by atoms with Gasteiger partial charge in [0, 0.05) is 12.5 Å². The summed E-state index contributed by atoms with van der Waals surface area (Å²) in [6.07, 6.45) is 2.67. The lowest BCUT2D eigenvalue weighted by Gasteiger charge is -2.34. The number of likely N-dealkylation sites (tertiary alicyclic amines) is 1. The molecule has 1 aliphatic heterocycles. The largest absolute Gasteiger partial charge is 0.368 e. The van der Waals surface area contributed by atoms with Crippen LogP contribution in [0.1, 0.15) is 33.1 Å². The number of primary amides is 1. The molecule has 1 heterocycles. The zero-order valence-corrected chi connectivity index (χ0v) is 8.82. The predicted octanol–water partition coefficient (Wildman–Crippen LogP) is 0.509. The highest BCUT2D eigenvalue weighted by Gasteiger charge is 2.31. The van der Waals surface area contributed by atoms with Crippen LogP contribution in [0.25, 0.3) is 0 Å². The maximum absolute atomic E-state index is 11.7. The highest BCUT2D eigenvalue weighted by Crippen LogP contribution is 2.18. The summed E-state index contributed by atoms with van der Waals surface area (Å²) in [4.78, 5) is 24.5. The van der Waals surface area contributed by atoms with Crippen molar-refractivity contribution in [3.8, 4) is 0 Å². The topological polar surface area (TPSA) is 63.4 Å². The smallest absolute Gasteiger partial charge is 0.240 e. The van der Waals surface area contributed by atoms with Crippen molar-refractivity contribution in [1.29, 1.82) is 0 Å². The molecule has 0 spiro atoms. The maximum atomic E-state index is 11.7. The summed E-state index contributed by atoms with van der Waals surface area (Å²) < 4.78 is 0. The summed E-state index contributed by atoms with van der Waals surface area (Å²) in [6.45, 7) is 4.36. The van der Waals surface area contributed by atoms with Crippen LogP contribution in [-0.4, -0.2) is 29.3 Å². The summed E-state index contributed by atoms with van der Waals surface area (Å²) in [6, 6.07) is -0.376. The van der Waals surface area contributed by atoms with Gasteiger partial charge in [0.25, 0.3) is 0 Å². The maximum Gasteiger partial charge on any atom is 0.240 e. The number of hydrogen-bond donors (Lipinski definition) is 1. The molecule has 1 atom stereocenters. The van der Waals surface area contributed by atoms with Gasteiger partial charge in [0.15, 0.2) is 0 Å². The van der Waals surface area contributed by atoms with Crippen LogP contribution in [0.3, 0.4) is 0 Å². The third-order valence-electron chi connectivity index (χ3n) is 2.61. The van der Waals surface area contributed by atoms with Crippen LogP contribution in [0.5, 0.6) is 0 Å². The van der Waals surface area contributed by atoms with E-state index >= 15 is 0 Å². The van der Waals surface area contributed by atoms with E-state index in [1.165, 1.54) is 0 Å². The van der Waals surface area contributed by atoms with Crippen LogP contribution in [0.2, 0.25) is 0 Å². The van der Waals surface area contributed by atoms with E-state index in [1.807, 2.05) is 13.8 Å². The number of carbonyl (C=O) groups excluding carboxylic acids is 2. The van der Waals surface area contributed by atoms with Gasteiger partial charge in [0.1, 0.15) is 6.04 Å². The molecule has 1 aliphatic rings. The van der Waals surface area contributed by atoms with E-state index in [0.29, 0.717) is 13.0 Å². The van der Waals surface area contributed by atoms with Crippen LogP contribution in [0.4, 0.5) is 0 Å². The van der Waals surface area contributed by atoms with Crippen molar-refractivity contribution in [2.75, 3.05) is 6.54 Å². The SMILES string of the molecule is CC(C)C(=O)N1CCCCC1C(N)=O. The summed E-state index contributed by atoms with van der Waals surface area (Å²) in [7, 11) is 0. The van der Waals surface area contributed by atoms with Gasteiger partial charge in [-0.25, -0.2) is 0 Å². The van der Waals surface area contributed by atoms with Crippen molar-refractivity contribution < 1.29 is 9.59 Å². The Hall–Kier alpha value is -1.06. The minimum Gasteiger partial charge on any atom is -0.368 e. The molecule has 0 aromatic rings. The first-order valence-corrected chi connectivity index (χ1v) is 5.14. The first-order chi connectivity index (χ1) is 6.54. The molecule has 0 saturated carbocycles. The number of rotatable bonds is 2. The van der Waals surface area contributed by atoms with Gasteiger partial charge < -0.3 is 10.6 Å². The molecular formula is C10H18N2O2. The van der Waals surface area contributed by atoms with Crippen LogP contribution in [0, 0.1) is 5.92 Å². The fourth-order valence-electron chi connectivity index (χ4n) is 1.82. The molecule has 4 heteroatoms. The van der Waals surface area contributed by atoms with Gasteiger partial charge in [-0.15, -0.1) is 0 Å². The number of amides is 2. The fourth-order valence-corrected chi connectivity index (χ4v) is 1.82. The van der Waals surface area contributed by atoms with Gasteiger partial charge in [-0.05, 0) is 19.3 Å². The van der Waals surface area contributed by atoms with Crippen molar-refractivity contribution in [3.63, 3.8) is 0 Å². The minimum absolute atomic E-state index is 0.0356. The Morgan fingerprint density at radius 2 is 2.00 bits per heavy atom. The molecule has 1 unspecified atom stereocenters. The van der Waals surface area contributed by atoms with Gasteiger partial charge in [-0.3, -0.25) is 9.59 Å². The van der Waals surface area contributed by atoms with Gasteiger partial charge in [0.05, 0.1) is 0 Å². The zero-order valence-electron chi connectivity index (χ0n) is 8.82. The first kappa shape index (κ1) is 11.0. The van der Waals surface area contributed by atoms with Crippen LogP contribution in [0.15, 0.2) is 0 Å². The average Bonchev–Trinajstić information content (AvgIpc) is 2.16. The van der Waals surface area contributed by atoms with Crippen LogP contribution >= 0.6 is 0 Å². The molecule has 0 aliphatic carbocycles. The molecule has 1 rings (SSSR count). The fraction of sp³-hybridized carbons (Fsp3) is 0.800. The Bertz CT molecular complexity index is 238. The van der Waals surface area contributed by atoms with E-state index in [2.05, 4.69) is 0 Å². The van der Waals surface area contributed by atoms with Crippen molar-refractivity contribution in [2.45, 2.75) is 39.2 Å². The molecule has 0 aromatic carbocycles. The second-order valence-corrected chi connectivity index (χ2v) is 4.10. The molecular weight excluding hydrogens is 180 g/mol. The summed E-state index contributed by atoms with van der Waals surface area (Å²) in [5, 5.41) is 0. The van der Waals surface area contributed by atoms with Crippen LogP contribution < -0.4 is 5.73 Å². The molecule has 0 bridgehead atoms. The third kappa shape index (κ3) is 2.25. The van der Waals surface area contributed by atoms with E-state index in [4.69, 9.17) is 5.73 Å². The monoisotopic (exact) mass is 198 g/mol. The van der Waals surface area contributed by atoms with Gasteiger partial charge in [0.2, 0.25) is 11.8 Å². The Kier molecular flexibility index (Phi) is 3.49. The number of nitrogens with zero attached hydrogens (tertiary/aromatic N) is 1.